The van der Waals surface area contributed by atoms with Crippen LogP contribution in [0.2, 0.25) is 0 Å². The van der Waals surface area contributed by atoms with Gasteiger partial charge in [-0.2, -0.15) is 0 Å². The highest BCUT2D eigenvalue weighted by Gasteiger charge is 2.39. The molecule has 8 nitrogen and oxygen atoms in total. The largest absolute Gasteiger partial charge is 0.446 e. The normalized spacial score (nSPS) is 25.7. The second kappa shape index (κ2) is 6.51. The van der Waals surface area contributed by atoms with Crippen LogP contribution in [0, 0.1) is 5.92 Å². The summed E-state index contributed by atoms with van der Waals surface area (Å²) in [5.74, 6) is 1.57. The number of carbonyl (C=O) groups is 1. The second-order valence-electron chi connectivity index (χ2n) is 7.77. The fraction of sp³-hybridized carbons (Fsp3) is 0.579. The predicted octanol–water partition coefficient (Wildman–Crippen LogP) is 3.16. The van der Waals surface area contributed by atoms with Crippen LogP contribution in [0.5, 0.6) is 0 Å². The molecule has 2 aliphatic rings. The number of hydrogen-bond donors (Lipinski definition) is 2. The number of hydrogen-bond acceptors (Lipinski definition) is 5. The van der Waals surface area contributed by atoms with Gasteiger partial charge in [0.25, 0.3) is 0 Å². The van der Waals surface area contributed by atoms with Gasteiger partial charge in [-0.1, -0.05) is 13.3 Å². The van der Waals surface area contributed by atoms with E-state index in [9.17, 15) is 4.79 Å². The molecule has 3 aromatic heterocycles. The molecular formula is C19H24N6O2. The topological polar surface area (TPSA) is 97.2 Å². The highest BCUT2D eigenvalue weighted by Crippen LogP contribution is 2.42. The lowest BCUT2D eigenvalue weighted by atomic mass is 9.93. The maximum atomic E-state index is 12.2. The van der Waals surface area contributed by atoms with Gasteiger partial charge in [0.1, 0.15) is 11.9 Å². The molecule has 3 aromatic rings. The lowest BCUT2D eigenvalue weighted by Crippen LogP contribution is -2.40. The standard InChI is InChI=1S/C19H24N6O2/c1-2-11-8-13(27-19(26)22-12-4-3-5-12)9-14(11)18-24-23-16-10-21-17-15(25(16)18)6-7-20-17/h6-7,10-14,20H,2-5,8-9H2,1H3,(H,22,26)/t11-,13+,14+/m1/s1. The predicted molar refractivity (Wildman–Crippen MR) is 99.4 cm³/mol. The Morgan fingerprint density at radius 2 is 2.26 bits per heavy atom. The first-order valence-corrected chi connectivity index (χ1v) is 9.87. The molecule has 0 saturated heterocycles. The summed E-state index contributed by atoms with van der Waals surface area (Å²) >= 11 is 0. The van der Waals surface area contributed by atoms with E-state index in [0.29, 0.717) is 12.0 Å². The van der Waals surface area contributed by atoms with E-state index in [1.54, 1.807) is 6.20 Å². The lowest BCUT2D eigenvalue weighted by molar-refractivity contribution is 0.0913. The van der Waals surface area contributed by atoms with Crippen molar-refractivity contribution < 1.29 is 9.53 Å². The van der Waals surface area contributed by atoms with Crippen molar-refractivity contribution >= 4 is 22.9 Å². The first kappa shape index (κ1) is 16.5. The van der Waals surface area contributed by atoms with Gasteiger partial charge in [0.15, 0.2) is 11.3 Å². The van der Waals surface area contributed by atoms with Crippen molar-refractivity contribution in [1.82, 2.24) is 29.9 Å². The molecule has 0 radical (unpaired) electrons. The summed E-state index contributed by atoms with van der Waals surface area (Å²) in [6, 6.07) is 2.30. The third-order valence-corrected chi connectivity index (χ3v) is 6.18. The molecule has 1 amide bonds. The molecule has 2 fully saturated rings. The molecule has 5 rings (SSSR count). The van der Waals surface area contributed by atoms with Crippen LogP contribution in [0.25, 0.3) is 16.8 Å². The van der Waals surface area contributed by atoms with Crippen molar-refractivity contribution in [2.24, 2.45) is 5.92 Å². The Hall–Kier alpha value is -2.64. The van der Waals surface area contributed by atoms with Gasteiger partial charge in [-0.15, -0.1) is 10.2 Å². The van der Waals surface area contributed by atoms with E-state index in [1.807, 2.05) is 12.3 Å². The zero-order chi connectivity index (χ0) is 18.4. The van der Waals surface area contributed by atoms with Crippen LogP contribution in [0.15, 0.2) is 18.5 Å². The van der Waals surface area contributed by atoms with Crippen molar-refractivity contribution in [3.63, 3.8) is 0 Å². The summed E-state index contributed by atoms with van der Waals surface area (Å²) < 4.78 is 7.82. The molecule has 0 aromatic carbocycles. The minimum Gasteiger partial charge on any atom is -0.446 e. The van der Waals surface area contributed by atoms with E-state index < -0.39 is 0 Å². The summed E-state index contributed by atoms with van der Waals surface area (Å²) in [7, 11) is 0. The Labute approximate surface area is 156 Å². The number of carbonyl (C=O) groups excluding carboxylic acids is 1. The van der Waals surface area contributed by atoms with E-state index in [2.05, 4.69) is 36.8 Å². The Balaban J connectivity index is 1.40. The lowest BCUT2D eigenvalue weighted by Gasteiger charge is -2.26. The van der Waals surface area contributed by atoms with Crippen molar-refractivity contribution in [2.45, 2.75) is 63.5 Å². The van der Waals surface area contributed by atoms with Crippen LogP contribution in [0.3, 0.4) is 0 Å². The van der Waals surface area contributed by atoms with E-state index in [1.165, 1.54) is 6.42 Å². The summed E-state index contributed by atoms with van der Waals surface area (Å²) in [5, 5.41) is 11.8. The van der Waals surface area contributed by atoms with Gasteiger partial charge in [0.05, 0.1) is 11.7 Å². The van der Waals surface area contributed by atoms with Crippen LogP contribution in [-0.4, -0.2) is 42.8 Å². The Morgan fingerprint density at radius 1 is 1.37 bits per heavy atom. The van der Waals surface area contributed by atoms with Crippen LogP contribution in [0.4, 0.5) is 4.79 Å². The first-order valence-electron chi connectivity index (χ1n) is 9.87. The van der Waals surface area contributed by atoms with E-state index in [4.69, 9.17) is 4.74 Å². The van der Waals surface area contributed by atoms with Crippen molar-refractivity contribution in [3.8, 4) is 0 Å². The molecule has 3 atom stereocenters. The second-order valence-corrected chi connectivity index (χ2v) is 7.77. The minimum absolute atomic E-state index is 0.0732. The summed E-state index contributed by atoms with van der Waals surface area (Å²) in [5.41, 5.74) is 2.55. The van der Waals surface area contributed by atoms with Gasteiger partial charge in [0, 0.05) is 18.2 Å². The molecule has 0 aliphatic heterocycles. The van der Waals surface area contributed by atoms with Crippen molar-refractivity contribution in [3.05, 3.63) is 24.3 Å². The number of nitrogens with one attached hydrogen (secondary N) is 2. The quantitative estimate of drug-likeness (QED) is 0.737. The number of aromatic nitrogens is 5. The molecule has 2 N–H and O–H groups in total. The summed E-state index contributed by atoms with van der Waals surface area (Å²) in [6.07, 6.45) is 9.26. The Bertz CT molecular complexity index is 975. The number of ether oxygens (including phenoxy) is 1. The van der Waals surface area contributed by atoms with E-state index in [0.717, 1.165) is 54.7 Å². The third kappa shape index (κ3) is 2.83. The monoisotopic (exact) mass is 368 g/mol. The Kier molecular flexibility index (Phi) is 3.98. The van der Waals surface area contributed by atoms with Gasteiger partial charge in [-0.3, -0.25) is 4.40 Å². The number of alkyl carbamates (subject to hydrolysis) is 1. The highest BCUT2D eigenvalue weighted by molar-refractivity contribution is 5.74. The van der Waals surface area contributed by atoms with Gasteiger partial charge in [-0.25, -0.2) is 9.78 Å². The van der Waals surface area contributed by atoms with Crippen LogP contribution in [-0.2, 0) is 4.74 Å². The number of nitrogens with zero attached hydrogens (tertiary/aromatic N) is 4. The SMILES string of the molecule is CC[C@@H]1C[C@H](OC(=O)NC2CCC2)C[C@@H]1c1nnc2cnc3[nH]ccc3n12. The van der Waals surface area contributed by atoms with Gasteiger partial charge in [0.2, 0.25) is 0 Å². The summed E-state index contributed by atoms with van der Waals surface area (Å²) in [4.78, 5) is 19.7. The van der Waals surface area contributed by atoms with Gasteiger partial charge in [-0.05, 0) is 44.1 Å². The smallest absolute Gasteiger partial charge is 0.407 e. The maximum Gasteiger partial charge on any atom is 0.407 e. The molecule has 0 unspecified atom stereocenters. The maximum absolute atomic E-state index is 12.2. The Morgan fingerprint density at radius 3 is 3.04 bits per heavy atom. The zero-order valence-electron chi connectivity index (χ0n) is 15.4. The van der Waals surface area contributed by atoms with Crippen LogP contribution >= 0.6 is 0 Å². The van der Waals surface area contributed by atoms with Gasteiger partial charge >= 0.3 is 6.09 Å². The number of H-pyrrole nitrogens is 1. The fourth-order valence-corrected chi connectivity index (χ4v) is 4.48. The molecule has 0 spiro atoms. The number of fused-ring (bicyclic) bond motifs is 3. The molecule has 8 heteroatoms. The van der Waals surface area contributed by atoms with Crippen molar-refractivity contribution in [1.29, 1.82) is 0 Å². The molecule has 142 valence electrons. The van der Waals surface area contributed by atoms with Crippen molar-refractivity contribution in [2.75, 3.05) is 0 Å². The minimum atomic E-state index is -0.275. The van der Waals surface area contributed by atoms with E-state index in [-0.39, 0.29) is 18.1 Å². The molecule has 0 bridgehead atoms. The molecule has 3 heterocycles. The average molecular weight is 368 g/mol. The number of rotatable bonds is 4. The zero-order valence-corrected chi connectivity index (χ0v) is 15.4. The van der Waals surface area contributed by atoms with Crippen LogP contribution in [0.1, 0.15) is 57.2 Å². The van der Waals surface area contributed by atoms with Gasteiger partial charge < -0.3 is 15.0 Å². The fourth-order valence-electron chi connectivity index (χ4n) is 4.48. The first-order chi connectivity index (χ1) is 13.2. The number of aromatic amines is 1. The molecule has 27 heavy (non-hydrogen) atoms. The average Bonchev–Trinajstić information content (AvgIpc) is 3.34. The third-order valence-electron chi connectivity index (χ3n) is 6.18. The molecule has 2 aliphatic carbocycles. The molecular weight excluding hydrogens is 344 g/mol. The van der Waals surface area contributed by atoms with E-state index >= 15 is 0 Å². The summed E-state index contributed by atoms with van der Waals surface area (Å²) in [6.45, 7) is 2.19. The highest BCUT2D eigenvalue weighted by atomic mass is 16.6. The number of amides is 1. The molecule has 2 saturated carbocycles. The van der Waals surface area contributed by atoms with Crippen LogP contribution < -0.4 is 5.32 Å².